The van der Waals surface area contributed by atoms with Crippen LogP contribution >= 0.6 is 0 Å². The van der Waals surface area contributed by atoms with E-state index in [1.807, 2.05) is 60.7 Å². The predicted molar refractivity (Wildman–Crippen MR) is 133 cm³/mol. The molecule has 0 bridgehead atoms. The molecule has 2 N–H and O–H groups in total. The normalized spacial score (nSPS) is 14.2. The molecule has 1 aliphatic heterocycles. The third-order valence-corrected chi connectivity index (χ3v) is 6.04. The number of H-pyrrole nitrogens is 1. The van der Waals surface area contributed by atoms with Crippen molar-refractivity contribution < 1.29 is 14.3 Å². The number of amides is 1. The fourth-order valence-corrected chi connectivity index (χ4v) is 4.08. The maximum absolute atomic E-state index is 13.1. The van der Waals surface area contributed by atoms with Crippen LogP contribution in [0, 0.1) is 0 Å². The molecular formula is C26H27N5O3. The summed E-state index contributed by atoms with van der Waals surface area (Å²) in [5.41, 5.74) is 2.30. The van der Waals surface area contributed by atoms with E-state index in [1.165, 1.54) is 0 Å². The maximum Gasteiger partial charge on any atom is 0.260 e. The number of ether oxygens (including phenoxy) is 2. The Hall–Kier alpha value is -4.04. The third-order valence-electron chi connectivity index (χ3n) is 6.04. The monoisotopic (exact) mass is 457 g/mol. The molecule has 2 heterocycles. The van der Waals surface area contributed by atoms with Crippen LogP contribution < -0.4 is 19.7 Å². The molecule has 34 heavy (non-hydrogen) atoms. The number of fused-ring (bicyclic) bond motifs is 1. The lowest BCUT2D eigenvalue weighted by Gasteiger charge is -2.34. The van der Waals surface area contributed by atoms with E-state index in [9.17, 15) is 4.79 Å². The van der Waals surface area contributed by atoms with Crippen molar-refractivity contribution in [1.82, 2.24) is 15.1 Å². The number of methoxy groups -OCH3 is 1. The number of aromatic nitrogens is 2. The van der Waals surface area contributed by atoms with Crippen molar-refractivity contribution >= 4 is 28.3 Å². The van der Waals surface area contributed by atoms with Crippen molar-refractivity contribution in [3.8, 4) is 17.2 Å². The first-order valence-corrected chi connectivity index (χ1v) is 11.2. The summed E-state index contributed by atoms with van der Waals surface area (Å²) in [6.45, 7) is 3.90. The summed E-state index contributed by atoms with van der Waals surface area (Å²) < 4.78 is 11.5. The quantitative estimate of drug-likeness (QED) is 0.448. The van der Waals surface area contributed by atoms with Gasteiger partial charge in [0.1, 0.15) is 17.2 Å². The molecule has 4 aromatic rings. The minimum Gasteiger partial charge on any atom is -0.496 e. The lowest BCUT2D eigenvalue weighted by atomic mass is 10.1. The molecule has 1 amide bonds. The minimum absolute atomic E-state index is 0.287. The van der Waals surface area contributed by atoms with Crippen LogP contribution in [0.25, 0.3) is 10.9 Å². The van der Waals surface area contributed by atoms with Gasteiger partial charge in [0, 0.05) is 43.3 Å². The smallest absolute Gasteiger partial charge is 0.260 e. The first-order chi connectivity index (χ1) is 16.6. The summed E-state index contributed by atoms with van der Waals surface area (Å²) in [5, 5.41) is 10.9. The summed E-state index contributed by atoms with van der Waals surface area (Å²) in [6, 6.07) is 20.8. The third kappa shape index (κ3) is 4.53. The molecule has 8 heteroatoms. The molecular weight excluding hydrogens is 430 g/mol. The Bertz CT molecular complexity index is 1300. The second-order valence-electron chi connectivity index (χ2n) is 8.32. The molecule has 0 unspecified atom stereocenters. The van der Waals surface area contributed by atoms with Gasteiger partial charge in [0.05, 0.1) is 18.2 Å². The van der Waals surface area contributed by atoms with Gasteiger partial charge in [-0.25, -0.2) is 0 Å². The molecule has 3 aromatic carbocycles. The number of aromatic amines is 1. The summed E-state index contributed by atoms with van der Waals surface area (Å²) in [6.07, 6.45) is 0. The number of likely N-dealkylation sites (N-methyl/N-ethyl adjacent to an activating group) is 1. The van der Waals surface area contributed by atoms with Crippen LogP contribution in [0.4, 0.5) is 11.5 Å². The first-order valence-electron chi connectivity index (χ1n) is 11.2. The van der Waals surface area contributed by atoms with E-state index in [-0.39, 0.29) is 5.91 Å². The van der Waals surface area contributed by atoms with Crippen LogP contribution in [-0.4, -0.2) is 61.3 Å². The number of piperazine rings is 1. The van der Waals surface area contributed by atoms with Crippen molar-refractivity contribution in [2.75, 3.05) is 50.6 Å². The zero-order valence-electron chi connectivity index (χ0n) is 19.2. The zero-order chi connectivity index (χ0) is 23.5. The second-order valence-corrected chi connectivity index (χ2v) is 8.32. The molecule has 0 aliphatic carbocycles. The van der Waals surface area contributed by atoms with Gasteiger partial charge in [0.25, 0.3) is 5.91 Å². The number of benzene rings is 3. The minimum atomic E-state index is -0.287. The lowest BCUT2D eigenvalue weighted by molar-refractivity contribution is 0.102. The van der Waals surface area contributed by atoms with E-state index < -0.39 is 0 Å². The maximum atomic E-state index is 13.1. The van der Waals surface area contributed by atoms with E-state index in [0.717, 1.165) is 48.5 Å². The van der Waals surface area contributed by atoms with E-state index in [4.69, 9.17) is 9.47 Å². The van der Waals surface area contributed by atoms with Crippen molar-refractivity contribution in [3.05, 3.63) is 72.3 Å². The van der Waals surface area contributed by atoms with Gasteiger partial charge in [-0.1, -0.05) is 18.2 Å². The van der Waals surface area contributed by atoms with Gasteiger partial charge in [-0.2, -0.15) is 5.10 Å². The van der Waals surface area contributed by atoms with Crippen LogP contribution in [0.3, 0.4) is 0 Å². The highest BCUT2D eigenvalue weighted by atomic mass is 16.5. The number of anilines is 2. The number of para-hydroxylation sites is 1. The van der Waals surface area contributed by atoms with E-state index in [0.29, 0.717) is 22.9 Å². The summed E-state index contributed by atoms with van der Waals surface area (Å²) in [7, 11) is 3.71. The SMILES string of the molecule is COc1cc(N2CCN(C)CC2)ccc1C(=O)Nc1n[nH]c2ccc(Oc3ccccc3)cc12. The molecule has 0 atom stereocenters. The zero-order valence-corrected chi connectivity index (χ0v) is 19.2. The molecule has 8 nitrogen and oxygen atoms in total. The van der Waals surface area contributed by atoms with Crippen LogP contribution in [0.15, 0.2) is 66.7 Å². The van der Waals surface area contributed by atoms with Crippen molar-refractivity contribution in [3.63, 3.8) is 0 Å². The fourth-order valence-electron chi connectivity index (χ4n) is 4.08. The highest BCUT2D eigenvalue weighted by Crippen LogP contribution is 2.30. The molecule has 1 aromatic heterocycles. The Labute approximate surface area is 198 Å². The lowest BCUT2D eigenvalue weighted by Crippen LogP contribution is -2.44. The molecule has 0 saturated carbocycles. The summed E-state index contributed by atoms with van der Waals surface area (Å²) in [4.78, 5) is 17.8. The number of hydrogen-bond donors (Lipinski definition) is 2. The number of carbonyl (C=O) groups excluding carboxylic acids is 1. The van der Waals surface area contributed by atoms with Gasteiger partial charge in [0.2, 0.25) is 0 Å². The topological polar surface area (TPSA) is 82.7 Å². The van der Waals surface area contributed by atoms with E-state index >= 15 is 0 Å². The van der Waals surface area contributed by atoms with Crippen LogP contribution in [-0.2, 0) is 0 Å². The summed E-state index contributed by atoms with van der Waals surface area (Å²) >= 11 is 0. The Balaban J connectivity index is 1.36. The Morgan fingerprint density at radius 2 is 1.76 bits per heavy atom. The van der Waals surface area contributed by atoms with Crippen molar-refractivity contribution in [2.24, 2.45) is 0 Å². The van der Waals surface area contributed by atoms with Crippen molar-refractivity contribution in [2.45, 2.75) is 0 Å². The number of carbonyl (C=O) groups is 1. The molecule has 1 saturated heterocycles. The number of rotatable bonds is 6. The highest BCUT2D eigenvalue weighted by molar-refractivity contribution is 6.09. The summed E-state index contributed by atoms with van der Waals surface area (Å²) in [5.74, 6) is 2.07. The van der Waals surface area contributed by atoms with E-state index in [1.54, 1.807) is 13.2 Å². The average Bonchev–Trinajstić information content (AvgIpc) is 3.26. The highest BCUT2D eigenvalue weighted by Gasteiger charge is 2.19. The number of nitrogens with one attached hydrogen (secondary N) is 2. The van der Waals surface area contributed by atoms with Crippen LogP contribution in [0.5, 0.6) is 17.2 Å². The second kappa shape index (κ2) is 9.44. The largest absolute Gasteiger partial charge is 0.496 e. The Morgan fingerprint density at radius 3 is 2.53 bits per heavy atom. The standard InChI is InChI=1S/C26H27N5O3/c1-30-12-14-31(15-13-30)18-8-10-21(24(16-18)33-2)26(32)27-25-22-17-20(9-11-23(22)28-29-25)34-19-6-4-3-5-7-19/h3-11,16-17H,12-15H2,1-2H3,(H2,27,28,29,32). The van der Waals surface area contributed by atoms with Crippen molar-refractivity contribution in [1.29, 1.82) is 0 Å². The molecule has 0 radical (unpaired) electrons. The fraction of sp³-hybridized carbons (Fsp3) is 0.231. The molecule has 5 rings (SSSR count). The average molecular weight is 458 g/mol. The Morgan fingerprint density at radius 1 is 0.971 bits per heavy atom. The number of hydrogen-bond acceptors (Lipinski definition) is 6. The van der Waals surface area contributed by atoms with Gasteiger partial charge in [-0.3, -0.25) is 9.89 Å². The molecule has 1 fully saturated rings. The van der Waals surface area contributed by atoms with Crippen LogP contribution in [0.1, 0.15) is 10.4 Å². The van der Waals surface area contributed by atoms with Gasteiger partial charge in [-0.15, -0.1) is 0 Å². The van der Waals surface area contributed by atoms with Gasteiger partial charge in [0.15, 0.2) is 5.82 Å². The van der Waals surface area contributed by atoms with Gasteiger partial charge in [-0.05, 0) is 49.5 Å². The Kier molecular flexibility index (Phi) is 6.05. The van der Waals surface area contributed by atoms with Gasteiger partial charge < -0.3 is 24.6 Å². The first kappa shape index (κ1) is 21.8. The molecule has 0 spiro atoms. The predicted octanol–water partition coefficient (Wildman–Crippen LogP) is 4.37. The van der Waals surface area contributed by atoms with Crippen LogP contribution in [0.2, 0.25) is 0 Å². The molecule has 174 valence electrons. The number of nitrogens with zero attached hydrogens (tertiary/aromatic N) is 3. The molecule has 1 aliphatic rings. The van der Waals surface area contributed by atoms with Gasteiger partial charge >= 0.3 is 0 Å². The van der Waals surface area contributed by atoms with E-state index in [2.05, 4.69) is 32.4 Å².